The zero-order valence-electron chi connectivity index (χ0n) is 11.5. The van der Waals surface area contributed by atoms with E-state index in [0.717, 1.165) is 0 Å². The van der Waals surface area contributed by atoms with Crippen LogP contribution in [0, 0.1) is 21.4 Å². The lowest BCUT2D eigenvalue weighted by atomic mass is 10.2. The second kappa shape index (κ2) is 6.67. The van der Waals surface area contributed by atoms with Gasteiger partial charge in [0.1, 0.15) is 5.75 Å². The Balaban J connectivity index is 2.58. The molecule has 23 heavy (non-hydrogen) atoms. The number of nitrogens with two attached hydrogens (primary N) is 1. The van der Waals surface area contributed by atoms with Gasteiger partial charge in [0.2, 0.25) is 11.0 Å². The molecule has 0 aliphatic heterocycles. The Kier molecular flexibility index (Phi) is 4.87. The molecule has 0 aliphatic carbocycles. The van der Waals surface area contributed by atoms with E-state index in [1.54, 1.807) is 6.07 Å². The molecule has 11 heteroatoms. The highest BCUT2D eigenvalue weighted by atomic mass is 79.9. The first kappa shape index (κ1) is 16.8. The highest BCUT2D eigenvalue weighted by molar-refractivity contribution is 9.10. The summed E-state index contributed by atoms with van der Waals surface area (Å²) >= 11 is 3.20. The number of halogens is 1. The Labute approximate surface area is 140 Å². The maximum absolute atomic E-state index is 11.5. The molecule has 0 spiro atoms. The SMILES string of the molecule is CS(=O)c1nc(N)c([N+](=O)[O-])c(Oc2cc(Br)cc(C#N)c2)n1. The second-order valence-electron chi connectivity index (χ2n) is 4.15. The van der Waals surface area contributed by atoms with E-state index in [2.05, 4.69) is 25.9 Å². The van der Waals surface area contributed by atoms with Gasteiger partial charge >= 0.3 is 11.6 Å². The van der Waals surface area contributed by atoms with Gasteiger partial charge in [-0.1, -0.05) is 15.9 Å². The van der Waals surface area contributed by atoms with Crippen LogP contribution in [0.5, 0.6) is 11.6 Å². The third-order valence-electron chi connectivity index (χ3n) is 2.51. The van der Waals surface area contributed by atoms with Gasteiger partial charge in [0.25, 0.3) is 0 Å². The fraction of sp³-hybridized carbons (Fsp3) is 0.0833. The summed E-state index contributed by atoms with van der Waals surface area (Å²) in [6.45, 7) is 0. The first-order valence-corrected chi connectivity index (χ1v) is 8.20. The lowest BCUT2D eigenvalue weighted by Crippen LogP contribution is -2.07. The third-order valence-corrected chi connectivity index (χ3v) is 3.67. The standard InChI is InChI=1S/C12H8BrN5O4S/c1-23(21)12-16-10(15)9(18(19)20)11(17-12)22-8-3-6(5-14)2-7(13)4-8/h2-4H,1H3,(H2,15,16,17). The van der Waals surface area contributed by atoms with Gasteiger partial charge in [0, 0.05) is 10.7 Å². The molecule has 0 saturated carbocycles. The summed E-state index contributed by atoms with van der Waals surface area (Å²) in [5, 5.41) is 19.9. The summed E-state index contributed by atoms with van der Waals surface area (Å²) in [6, 6.07) is 6.33. The molecular weight excluding hydrogens is 390 g/mol. The number of hydrogen-bond acceptors (Lipinski definition) is 8. The van der Waals surface area contributed by atoms with Crippen molar-refractivity contribution < 1.29 is 13.9 Å². The molecule has 118 valence electrons. The zero-order chi connectivity index (χ0) is 17.1. The first-order valence-electron chi connectivity index (χ1n) is 5.85. The average Bonchev–Trinajstić information content (AvgIpc) is 2.45. The predicted molar refractivity (Wildman–Crippen MR) is 84.4 cm³/mol. The molecule has 0 fully saturated rings. The number of nitrogens with zero attached hydrogens (tertiary/aromatic N) is 4. The van der Waals surface area contributed by atoms with Gasteiger partial charge in [-0.3, -0.25) is 14.3 Å². The topological polar surface area (TPSA) is 145 Å². The number of aromatic nitrogens is 2. The van der Waals surface area contributed by atoms with Gasteiger partial charge < -0.3 is 10.5 Å². The van der Waals surface area contributed by atoms with Crippen LogP contribution in [0.15, 0.2) is 27.8 Å². The van der Waals surface area contributed by atoms with Crippen LogP contribution in [0.2, 0.25) is 0 Å². The minimum absolute atomic E-state index is 0.130. The normalized spacial score (nSPS) is 11.5. The van der Waals surface area contributed by atoms with Crippen molar-refractivity contribution in [3.8, 4) is 17.7 Å². The molecule has 0 amide bonds. The molecule has 1 atom stereocenters. The predicted octanol–water partition coefficient (Wildman–Crippen LogP) is 2.13. The number of anilines is 1. The van der Waals surface area contributed by atoms with E-state index in [-0.39, 0.29) is 16.5 Å². The maximum atomic E-state index is 11.5. The highest BCUT2D eigenvalue weighted by Crippen LogP contribution is 2.34. The Bertz CT molecular complexity index is 867. The van der Waals surface area contributed by atoms with E-state index < -0.39 is 33.1 Å². The van der Waals surface area contributed by atoms with Gasteiger partial charge in [-0.2, -0.15) is 15.2 Å². The van der Waals surface area contributed by atoms with Gasteiger partial charge in [-0.25, -0.2) is 0 Å². The monoisotopic (exact) mass is 397 g/mol. The summed E-state index contributed by atoms with van der Waals surface area (Å²) < 4.78 is 17.4. The van der Waals surface area contributed by atoms with Crippen LogP contribution in [0.4, 0.5) is 11.5 Å². The molecule has 1 aromatic carbocycles. The minimum Gasteiger partial charge on any atom is -0.433 e. The Morgan fingerprint density at radius 3 is 2.70 bits per heavy atom. The number of ether oxygens (including phenoxy) is 1. The van der Waals surface area contributed by atoms with Crippen LogP contribution in [-0.4, -0.2) is 25.4 Å². The molecule has 2 rings (SSSR count). The van der Waals surface area contributed by atoms with Crippen molar-refractivity contribution in [2.24, 2.45) is 0 Å². The van der Waals surface area contributed by atoms with E-state index in [1.165, 1.54) is 18.4 Å². The van der Waals surface area contributed by atoms with Crippen molar-refractivity contribution in [3.63, 3.8) is 0 Å². The Morgan fingerprint density at radius 1 is 1.43 bits per heavy atom. The van der Waals surface area contributed by atoms with Crippen LogP contribution in [-0.2, 0) is 10.8 Å². The van der Waals surface area contributed by atoms with Crippen LogP contribution in [0.1, 0.15) is 5.56 Å². The van der Waals surface area contributed by atoms with Crippen LogP contribution in [0.3, 0.4) is 0 Å². The molecule has 2 N–H and O–H groups in total. The summed E-state index contributed by atoms with van der Waals surface area (Å²) in [7, 11) is -1.61. The van der Waals surface area contributed by atoms with Gasteiger partial charge in [-0.15, -0.1) is 0 Å². The van der Waals surface area contributed by atoms with Crippen molar-refractivity contribution in [3.05, 3.63) is 38.3 Å². The molecule has 9 nitrogen and oxygen atoms in total. The zero-order valence-corrected chi connectivity index (χ0v) is 13.9. The van der Waals surface area contributed by atoms with Gasteiger partial charge in [0.15, 0.2) is 0 Å². The summed E-state index contributed by atoms with van der Waals surface area (Å²) in [5.74, 6) is -0.777. The number of hydrogen-bond donors (Lipinski definition) is 1. The van der Waals surface area contributed by atoms with E-state index in [1.807, 2.05) is 6.07 Å². The summed E-state index contributed by atoms with van der Waals surface area (Å²) in [6.07, 6.45) is 1.30. The molecule has 1 aromatic heterocycles. The number of nitriles is 1. The molecule has 0 radical (unpaired) electrons. The molecule has 0 bridgehead atoms. The third kappa shape index (κ3) is 3.79. The highest BCUT2D eigenvalue weighted by Gasteiger charge is 2.26. The van der Waals surface area contributed by atoms with E-state index in [0.29, 0.717) is 4.47 Å². The quantitative estimate of drug-likeness (QED) is 0.468. The molecular formula is C12H8BrN5O4S. The molecule has 0 saturated heterocycles. The Morgan fingerprint density at radius 2 is 2.13 bits per heavy atom. The summed E-state index contributed by atoms with van der Waals surface area (Å²) in [5.41, 5.74) is 5.17. The number of nitro groups is 1. The molecule has 2 aromatic rings. The van der Waals surface area contributed by atoms with E-state index in [9.17, 15) is 14.3 Å². The maximum Gasteiger partial charge on any atom is 0.373 e. The van der Waals surface area contributed by atoms with Crippen molar-refractivity contribution in [2.45, 2.75) is 5.16 Å². The lowest BCUT2D eigenvalue weighted by molar-refractivity contribution is -0.385. The van der Waals surface area contributed by atoms with Crippen molar-refractivity contribution in [2.75, 3.05) is 12.0 Å². The number of rotatable bonds is 4. The van der Waals surface area contributed by atoms with Gasteiger partial charge in [-0.05, 0) is 18.2 Å². The molecule has 1 unspecified atom stereocenters. The smallest absolute Gasteiger partial charge is 0.373 e. The fourth-order valence-electron chi connectivity index (χ4n) is 1.60. The minimum atomic E-state index is -1.61. The van der Waals surface area contributed by atoms with Crippen molar-refractivity contribution in [1.82, 2.24) is 9.97 Å². The summed E-state index contributed by atoms with van der Waals surface area (Å²) in [4.78, 5) is 17.7. The molecule has 1 heterocycles. The van der Waals surface area contributed by atoms with E-state index >= 15 is 0 Å². The van der Waals surface area contributed by atoms with Crippen LogP contribution < -0.4 is 10.5 Å². The fourth-order valence-corrected chi connectivity index (χ4v) is 2.51. The Hall–Kier alpha value is -2.58. The van der Waals surface area contributed by atoms with Crippen LogP contribution >= 0.6 is 15.9 Å². The number of nitrogen functional groups attached to an aromatic ring is 1. The van der Waals surface area contributed by atoms with Gasteiger partial charge in [0.05, 0.1) is 27.4 Å². The van der Waals surface area contributed by atoms with Crippen molar-refractivity contribution in [1.29, 1.82) is 5.26 Å². The van der Waals surface area contributed by atoms with E-state index in [4.69, 9.17) is 15.7 Å². The lowest BCUT2D eigenvalue weighted by Gasteiger charge is -2.08. The number of benzene rings is 1. The van der Waals surface area contributed by atoms with Crippen LogP contribution in [0.25, 0.3) is 0 Å². The van der Waals surface area contributed by atoms with Crippen molar-refractivity contribution >= 4 is 38.2 Å². The average molecular weight is 398 g/mol. The second-order valence-corrected chi connectivity index (χ2v) is 6.33. The first-order chi connectivity index (χ1) is 10.8. The molecule has 0 aliphatic rings. The largest absolute Gasteiger partial charge is 0.433 e.